The number of hydrogen-bond donors (Lipinski definition) is 3. The van der Waals surface area contributed by atoms with E-state index in [9.17, 15) is 0 Å². The maximum Gasteiger partial charge on any atom is 0.123 e. The van der Waals surface area contributed by atoms with Crippen molar-refractivity contribution in [3.8, 4) is 5.75 Å². The predicted octanol–water partition coefficient (Wildman–Crippen LogP) is 1.26. The van der Waals surface area contributed by atoms with Gasteiger partial charge in [-0.3, -0.25) is 0 Å². The number of aliphatic hydroxyl groups excluding tert-OH is 2. The van der Waals surface area contributed by atoms with E-state index in [4.69, 9.17) is 14.9 Å². The molecule has 0 atom stereocenters. The summed E-state index contributed by atoms with van der Waals surface area (Å²) in [6, 6.07) is 5.82. The summed E-state index contributed by atoms with van der Waals surface area (Å²) < 4.78 is 5.31. The molecule has 0 aliphatic heterocycles. The zero-order valence-electron chi connectivity index (χ0n) is 11.3. The predicted molar refractivity (Wildman–Crippen MR) is 71.9 cm³/mol. The average molecular weight is 253 g/mol. The van der Waals surface area contributed by atoms with Crippen molar-refractivity contribution in [1.82, 2.24) is 5.32 Å². The molecule has 0 heterocycles. The van der Waals surface area contributed by atoms with Crippen LogP contribution in [-0.2, 0) is 6.54 Å². The number of methoxy groups -OCH3 is 1. The van der Waals surface area contributed by atoms with E-state index in [0.717, 1.165) is 11.3 Å². The molecule has 4 nitrogen and oxygen atoms in total. The maximum absolute atomic E-state index is 9.02. The second-order valence-electron chi connectivity index (χ2n) is 4.67. The van der Waals surface area contributed by atoms with E-state index in [1.807, 2.05) is 6.07 Å². The molecule has 0 fully saturated rings. The summed E-state index contributed by atoms with van der Waals surface area (Å²) in [4.78, 5) is 0. The lowest BCUT2D eigenvalue weighted by atomic mass is 10.00. The van der Waals surface area contributed by atoms with Crippen LogP contribution in [0.5, 0.6) is 5.75 Å². The highest BCUT2D eigenvalue weighted by Gasteiger charge is 2.09. The molecule has 0 amide bonds. The van der Waals surface area contributed by atoms with E-state index >= 15 is 0 Å². The summed E-state index contributed by atoms with van der Waals surface area (Å²) in [5, 5.41) is 21.1. The Morgan fingerprint density at radius 1 is 1.22 bits per heavy atom. The first-order chi connectivity index (χ1) is 8.62. The van der Waals surface area contributed by atoms with Crippen LogP contribution in [-0.4, -0.2) is 36.6 Å². The third kappa shape index (κ3) is 3.98. The van der Waals surface area contributed by atoms with Crippen LogP contribution < -0.4 is 10.1 Å². The summed E-state index contributed by atoms with van der Waals surface area (Å²) in [6.45, 7) is 4.69. The van der Waals surface area contributed by atoms with Gasteiger partial charge >= 0.3 is 0 Å². The van der Waals surface area contributed by atoms with Crippen molar-refractivity contribution in [1.29, 1.82) is 0 Å². The molecule has 0 radical (unpaired) electrons. The van der Waals surface area contributed by atoms with Crippen molar-refractivity contribution in [2.45, 2.75) is 32.4 Å². The molecule has 0 aliphatic rings. The zero-order valence-corrected chi connectivity index (χ0v) is 11.3. The van der Waals surface area contributed by atoms with E-state index in [0.29, 0.717) is 12.5 Å². The Labute approximate surface area is 109 Å². The monoisotopic (exact) mass is 253 g/mol. The lowest BCUT2D eigenvalue weighted by Crippen LogP contribution is -2.35. The van der Waals surface area contributed by atoms with E-state index in [-0.39, 0.29) is 19.3 Å². The fourth-order valence-electron chi connectivity index (χ4n) is 1.74. The molecule has 0 aliphatic carbocycles. The van der Waals surface area contributed by atoms with Gasteiger partial charge in [-0.05, 0) is 17.5 Å². The summed E-state index contributed by atoms with van der Waals surface area (Å²) in [7, 11) is 1.64. The number of aliphatic hydroxyl groups is 2. The summed E-state index contributed by atoms with van der Waals surface area (Å²) >= 11 is 0. The first-order valence-electron chi connectivity index (χ1n) is 6.24. The van der Waals surface area contributed by atoms with Crippen molar-refractivity contribution < 1.29 is 14.9 Å². The highest BCUT2D eigenvalue weighted by molar-refractivity contribution is 5.38. The first-order valence-corrected chi connectivity index (χ1v) is 6.24. The third-order valence-corrected chi connectivity index (χ3v) is 2.99. The van der Waals surface area contributed by atoms with Gasteiger partial charge in [0.15, 0.2) is 0 Å². The molecule has 0 spiro atoms. The summed E-state index contributed by atoms with van der Waals surface area (Å²) in [5.74, 6) is 1.28. The molecule has 0 bridgehead atoms. The molecule has 102 valence electrons. The van der Waals surface area contributed by atoms with Gasteiger partial charge < -0.3 is 20.3 Å². The Hall–Kier alpha value is -1.10. The molecule has 18 heavy (non-hydrogen) atoms. The van der Waals surface area contributed by atoms with Gasteiger partial charge in [-0.15, -0.1) is 0 Å². The molecule has 1 aromatic carbocycles. The SMILES string of the molecule is COc1ccc(C(C)C)cc1CNC(CO)CO. The van der Waals surface area contributed by atoms with Crippen LogP contribution in [0.2, 0.25) is 0 Å². The average Bonchev–Trinajstić information content (AvgIpc) is 2.39. The molecule has 0 unspecified atom stereocenters. The molecule has 3 N–H and O–H groups in total. The Balaban J connectivity index is 2.81. The van der Waals surface area contributed by atoms with Crippen molar-refractivity contribution >= 4 is 0 Å². The molecule has 1 rings (SSSR count). The molecule has 0 saturated carbocycles. The van der Waals surface area contributed by atoms with Gasteiger partial charge in [0.1, 0.15) is 5.75 Å². The maximum atomic E-state index is 9.02. The minimum Gasteiger partial charge on any atom is -0.496 e. The smallest absolute Gasteiger partial charge is 0.123 e. The van der Waals surface area contributed by atoms with Gasteiger partial charge in [-0.2, -0.15) is 0 Å². The summed E-state index contributed by atoms with van der Waals surface area (Å²) in [6.07, 6.45) is 0. The van der Waals surface area contributed by atoms with Crippen molar-refractivity contribution in [3.05, 3.63) is 29.3 Å². The molecule has 4 heteroatoms. The van der Waals surface area contributed by atoms with Gasteiger partial charge in [-0.25, -0.2) is 0 Å². The van der Waals surface area contributed by atoms with Crippen molar-refractivity contribution in [3.63, 3.8) is 0 Å². The number of benzene rings is 1. The summed E-state index contributed by atoms with van der Waals surface area (Å²) in [5.41, 5.74) is 2.28. The number of nitrogens with one attached hydrogen (secondary N) is 1. The van der Waals surface area contributed by atoms with Crippen LogP contribution >= 0.6 is 0 Å². The normalized spacial score (nSPS) is 11.3. The van der Waals surface area contributed by atoms with E-state index in [1.54, 1.807) is 7.11 Å². The minimum absolute atomic E-state index is 0.0807. The molecule has 0 aromatic heterocycles. The Morgan fingerprint density at radius 3 is 2.39 bits per heavy atom. The molecular weight excluding hydrogens is 230 g/mol. The second kappa shape index (κ2) is 7.36. The van der Waals surface area contributed by atoms with Gasteiger partial charge in [-0.1, -0.05) is 26.0 Å². The van der Waals surface area contributed by atoms with Crippen LogP contribution in [0.15, 0.2) is 18.2 Å². The lowest BCUT2D eigenvalue weighted by molar-refractivity contribution is 0.170. The molecule has 1 aromatic rings. The topological polar surface area (TPSA) is 61.7 Å². The van der Waals surface area contributed by atoms with Crippen LogP contribution in [0.3, 0.4) is 0 Å². The van der Waals surface area contributed by atoms with Crippen LogP contribution in [0.1, 0.15) is 30.9 Å². The van der Waals surface area contributed by atoms with Crippen LogP contribution in [0, 0.1) is 0 Å². The first kappa shape index (κ1) is 15.0. The largest absolute Gasteiger partial charge is 0.496 e. The number of rotatable bonds is 7. The zero-order chi connectivity index (χ0) is 13.5. The van der Waals surface area contributed by atoms with Crippen LogP contribution in [0.4, 0.5) is 0 Å². The number of ether oxygens (including phenoxy) is 1. The van der Waals surface area contributed by atoms with Crippen molar-refractivity contribution in [2.24, 2.45) is 0 Å². The van der Waals surface area contributed by atoms with Gasteiger partial charge in [0.25, 0.3) is 0 Å². The quantitative estimate of drug-likeness (QED) is 0.684. The lowest BCUT2D eigenvalue weighted by Gasteiger charge is -2.16. The van der Waals surface area contributed by atoms with E-state index < -0.39 is 0 Å². The molecular formula is C14H23NO3. The van der Waals surface area contributed by atoms with E-state index in [2.05, 4.69) is 31.3 Å². The standard InChI is InChI=1S/C14H23NO3/c1-10(2)11-4-5-14(18-3)12(6-11)7-15-13(8-16)9-17/h4-6,10,13,15-17H,7-9H2,1-3H3. The fourth-order valence-corrected chi connectivity index (χ4v) is 1.74. The van der Waals surface area contributed by atoms with Crippen molar-refractivity contribution in [2.75, 3.05) is 20.3 Å². The highest BCUT2D eigenvalue weighted by Crippen LogP contribution is 2.24. The van der Waals surface area contributed by atoms with Gasteiger partial charge in [0.2, 0.25) is 0 Å². The highest BCUT2D eigenvalue weighted by atomic mass is 16.5. The third-order valence-electron chi connectivity index (χ3n) is 2.99. The van der Waals surface area contributed by atoms with Gasteiger partial charge in [0.05, 0.1) is 26.4 Å². The minimum atomic E-state index is -0.294. The molecule has 0 saturated heterocycles. The Morgan fingerprint density at radius 2 is 1.89 bits per heavy atom. The second-order valence-corrected chi connectivity index (χ2v) is 4.67. The fraction of sp³-hybridized carbons (Fsp3) is 0.571. The van der Waals surface area contributed by atoms with E-state index in [1.165, 1.54) is 5.56 Å². The van der Waals surface area contributed by atoms with Crippen LogP contribution in [0.25, 0.3) is 0 Å². The number of hydrogen-bond acceptors (Lipinski definition) is 4. The Bertz CT molecular complexity index is 362. The van der Waals surface area contributed by atoms with Gasteiger partial charge in [0, 0.05) is 12.1 Å². The Kier molecular flexibility index (Phi) is 6.12.